The first-order valence-corrected chi connectivity index (χ1v) is 8.61. The molecule has 6 heteroatoms. The van der Waals surface area contributed by atoms with Crippen molar-refractivity contribution in [3.8, 4) is 16.9 Å². The molecular weight excluding hydrogens is 337 g/mol. The molecule has 2 aromatic carbocycles. The summed E-state index contributed by atoms with van der Waals surface area (Å²) in [6.45, 7) is 2.23. The van der Waals surface area contributed by atoms with Crippen LogP contribution in [0.25, 0.3) is 11.1 Å². The van der Waals surface area contributed by atoms with Crippen LogP contribution in [0.3, 0.4) is 0 Å². The largest absolute Gasteiger partial charge is 0.465 e. The van der Waals surface area contributed by atoms with Gasteiger partial charge in [0.15, 0.2) is 0 Å². The van der Waals surface area contributed by atoms with Crippen molar-refractivity contribution in [2.45, 2.75) is 32.2 Å². The van der Waals surface area contributed by atoms with Crippen LogP contribution in [-0.2, 0) is 16.0 Å². The van der Waals surface area contributed by atoms with Crippen LogP contribution < -0.4 is 10.1 Å². The van der Waals surface area contributed by atoms with E-state index in [2.05, 4.69) is 5.32 Å². The summed E-state index contributed by atoms with van der Waals surface area (Å²) in [5, 5.41) is 12.3. The Morgan fingerprint density at radius 3 is 2.88 bits per heavy atom. The summed E-state index contributed by atoms with van der Waals surface area (Å²) in [5.41, 5.74) is 2.55. The van der Waals surface area contributed by atoms with E-state index in [0.29, 0.717) is 25.1 Å². The number of aliphatic hydroxyl groups excluding tert-OH is 1. The lowest BCUT2D eigenvalue weighted by atomic mass is 9.97. The summed E-state index contributed by atoms with van der Waals surface area (Å²) in [6, 6.07) is 11.9. The molecule has 26 heavy (non-hydrogen) atoms. The molecule has 1 saturated heterocycles. The monoisotopic (exact) mass is 359 g/mol. The number of nitrogens with one attached hydrogen (secondary N) is 1. The van der Waals surface area contributed by atoms with Crippen molar-refractivity contribution in [3.05, 3.63) is 53.8 Å². The molecule has 0 aromatic heterocycles. The lowest BCUT2D eigenvalue weighted by molar-refractivity contribution is -0.118. The third-order valence-corrected chi connectivity index (χ3v) is 4.19. The van der Waals surface area contributed by atoms with Gasteiger partial charge in [-0.05, 0) is 47.4 Å². The molecule has 2 N–H and O–H groups in total. The van der Waals surface area contributed by atoms with Gasteiger partial charge < -0.3 is 19.9 Å². The van der Waals surface area contributed by atoms with Gasteiger partial charge in [0.1, 0.15) is 11.6 Å². The molecule has 1 amide bonds. The SMILES string of the molecule is CC(=O)NCCc1ccc(OC2C[C@H](O)CO2)cc1-c1cccc(F)c1. The highest BCUT2D eigenvalue weighted by Crippen LogP contribution is 2.30. The van der Waals surface area contributed by atoms with Crippen LogP contribution in [0.15, 0.2) is 42.5 Å². The van der Waals surface area contributed by atoms with Crippen molar-refractivity contribution in [2.24, 2.45) is 0 Å². The number of amides is 1. The Hall–Kier alpha value is -2.44. The van der Waals surface area contributed by atoms with Crippen molar-refractivity contribution >= 4 is 5.91 Å². The number of rotatable bonds is 6. The lowest BCUT2D eigenvalue weighted by Gasteiger charge is -2.16. The maximum absolute atomic E-state index is 13.7. The molecule has 0 aliphatic carbocycles. The molecule has 3 rings (SSSR count). The molecule has 1 aliphatic heterocycles. The number of carbonyl (C=O) groups is 1. The molecular formula is C20H22FNO4. The number of benzene rings is 2. The Morgan fingerprint density at radius 2 is 2.19 bits per heavy atom. The first-order valence-electron chi connectivity index (χ1n) is 8.61. The topological polar surface area (TPSA) is 67.8 Å². The highest BCUT2D eigenvalue weighted by atomic mass is 19.1. The van der Waals surface area contributed by atoms with E-state index >= 15 is 0 Å². The van der Waals surface area contributed by atoms with Gasteiger partial charge in [-0.2, -0.15) is 0 Å². The van der Waals surface area contributed by atoms with Crippen molar-refractivity contribution in [2.75, 3.05) is 13.2 Å². The van der Waals surface area contributed by atoms with E-state index in [0.717, 1.165) is 16.7 Å². The molecule has 1 aliphatic rings. The minimum Gasteiger partial charge on any atom is -0.465 e. The summed E-state index contributed by atoms with van der Waals surface area (Å²) in [6.07, 6.45) is 0.0272. The Morgan fingerprint density at radius 1 is 1.35 bits per heavy atom. The van der Waals surface area contributed by atoms with Gasteiger partial charge >= 0.3 is 0 Å². The number of hydrogen-bond donors (Lipinski definition) is 2. The summed E-state index contributed by atoms with van der Waals surface area (Å²) in [7, 11) is 0. The maximum atomic E-state index is 13.7. The second-order valence-corrected chi connectivity index (χ2v) is 6.33. The summed E-state index contributed by atoms with van der Waals surface area (Å²) < 4.78 is 24.8. The molecule has 0 spiro atoms. The Kier molecular flexibility index (Phi) is 5.85. The van der Waals surface area contributed by atoms with E-state index in [1.807, 2.05) is 24.3 Å². The maximum Gasteiger partial charge on any atom is 0.216 e. The summed E-state index contributed by atoms with van der Waals surface area (Å²) in [4.78, 5) is 11.1. The van der Waals surface area contributed by atoms with E-state index < -0.39 is 12.4 Å². The van der Waals surface area contributed by atoms with E-state index in [1.165, 1.54) is 19.1 Å². The van der Waals surface area contributed by atoms with Crippen molar-refractivity contribution in [1.29, 1.82) is 0 Å². The Balaban J connectivity index is 1.85. The zero-order valence-corrected chi connectivity index (χ0v) is 14.6. The van der Waals surface area contributed by atoms with Gasteiger partial charge in [0.05, 0.1) is 12.7 Å². The summed E-state index contributed by atoms with van der Waals surface area (Å²) >= 11 is 0. The van der Waals surface area contributed by atoms with Gasteiger partial charge in [-0.25, -0.2) is 4.39 Å². The van der Waals surface area contributed by atoms with Crippen LogP contribution in [0.2, 0.25) is 0 Å². The van der Waals surface area contributed by atoms with E-state index in [4.69, 9.17) is 9.47 Å². The number of carbonyl (C=O) groups excluding carboxylic acids is 1. The predicted octanol–water partition coefficient (Wildman–Crippen LogP) is 2.66. The quantitative estimate of drug-likeness (QED) is 0.832. The first-order chi connectivity index (χ1) is 12.5. The van der Waals surface area contributed by atoms with Gasteiger partial charge in [0.25, 0.3) is 0 Å². The van der Waals surface area contributed by atoms with Crippen LogP contribution in [0, 0.1) is 5.82 Å². The van der Waals surface area contributed by atoms with Crippen molar-refractivity contribution in [1.82, 2.24) is 5.32 Å². The van der Waals surface area contributed by atoms with Crippen LogP contribution in [0.4, 0.5) is 4.39 Å². The first kappa shape index (κ1) is 18.4. The van der Waals surface area contributed by atoms with Crippen LogP contribution in [-0.4, -0.2) is 36.6 Å². The van der Waals surface area contributed by atoms with Gasteiger partial charge in [0.2, 0.25) is 12.2 Å². The molecule has 1 fully saturated rings. The van der Waals surface area contributed by atoms with Crippen LogP contribution >= 0.6 is 0 Å². The molecule has 2 atom stereocenters. The number of hydrogen-bond acceptors (Lipinski definition) is 4. The Labute approximate surface area is 151 Å². The third-order valence-electron chi connectivity index (χ3n) is 4.19. The zero-order valence-electron chi connectivity index (χ0n) is 14.6. The molecule has 2 aromatic rings. The molecule has 5 nitrogen and oxygen atoms in total. The smallest absolute Gasteiger partial charge is 0.216 e. The molecule has 0 bridgehead atoms. The Bertz CT molecular complexity index is 780. The van der Waals surface area contributed by atoms with Gasteiger partial charge in [-0.1, -0.05) is 18.2 Å². The van der Waals surface area contributed by atoms with Crippen molar-refractivity contribution in [3.63, 3.8) is 0 Å². The summed E-state index contributed by atoms with van der Waals surface area (Å²) in [5.74, 6) is 0.185. The van der Waals surface area contributed by atoms with Crippen molar-refractivity contribution < 1.29 is 23.8 Å². The van der Waals surface area contributed by atoms with E-state index in [-0.39, 0.29) is 18.3 Å². The predicted molar refractivity (Wildman–Crippen MR) is 95.2 cm³/mol. The lowest BCUT2D eigenvalue weighted by Crippen LogP contribution is -2.22. The fraction of sp³-hybridized carbons (Fsp3) is 0.350. The van der Waals surface area contributed by atoms with E-state index in [1.54, 1.807) is 6.07 Å². The second-order valence-electron chi connectivity index (χ2n) is 6.33. The number of halogens is 1. The van der Waals surface area contributed by atoms with Gasteiger partial charge in [0, 0.05) is 19.9 Å². The fourth-order valence-corrected chi connectivity index (χ4v) is 2.96. The fourth-order valence-electron chi connectivity index (χ4n) is 2.96. The minimum atomic E-state index is -0.514. The number of aliphatic hydroxyl groups is 1. The normalized spacial score (nSPS) is 19.3. The average Bonchev–Trinajstić information content (AvgIpc) is 3.00. The highest BCUT2D eigenvalue weighted by Gasteiger charge is 2.25. The zero-order chi connectivity index (χ0) is 18.5. The van der Waals surface area contributed by atoms with Crippen LogP contribution in [0.5, 0.6) is 5.75 Å². The van der Waals surface area contributed by atoms with E-state index in [9.17, 15) is 14.3 Å². The second kappa shape index (κ2) is 8.29. The molecule has 1 unspecified atom stereocenters. The molecule has 0 radical (unpaired) electrons. The highest BCUT2D eigenvalue weighted by molar-refractivity contribution is 5.73. The van der Waals surface area contributed by atoms with Gasteiger partial charge in [-0.15, -0.1) is 0 Å². The van der Waals surface area contributed by atoms with Crippen LogP contribution in [0.1, 0.15) is 18.9 Å². The standard InChI is InChI=1S/C20H22FNO4/c1-13(23)22-8-7-14-5-6-18(26-20-10-17(24)12-25-20)11-19(14)15-3-2-4-16(21)9-15/h2-6,9,11,17,20,24H,7-8,10,12H2,1H3,(H,22,23)/t17-,20?/m0/s1. The minimum absolute atomic E-state index is 0.0887. The average molecular weight is 359 g/mol. The molecule has 1 heterocycles. The molecule has 0 saturated carbocycles. The molecule has 138 valence electrons. The third kappa shape index (κ3) is 4.80. The van der Waals surface area contributed by atoms with Gasteiger partial charge in [-0.3, -0.25) is 4.79 Å². The number of ether oxygens (including phenoxy) is 2.